The molecule has 2 unspecified atom stereocenters. The summed E-state index contributed by atoms with van der Waals surface area (Å²) in [6.45, 7) is 6.75. The Balaban J connectivity index is 2.33. The molecule has 21 heavy (non-hydrogen) atoms. The Morgan fingerprint density at radius 3 is 2.10 bits per heavy atom. The lowest BCUT2D eigenvalue weighted by molar-refractivity contribution is 0.681. The second-order valence-corrected chi connectivity index (χ2v) is 5.75. The normalized spacial score (nSPS) is 13.9. The van der Waals surface area contributed by atoms with E-state index in [4.69, 9.17) is 0 Å². The average Bonchev–Trinajstić information content (AvgIpc) is 2.56. The molecule has 0 saturated heterocycles. The number of nitrogens with one attached hydrogen (secondary N) is 1. The van der Waals surface area contributed by atoms with Crippen LogP contribution in [0.25, 0.3) is 0 Å². The van der Waals surface area contributed by atoms with Gasteiger partial charge in [-0.2, -0.15) is 0 Å². The zero-order chi connectivity index (χ0) is 15.2. The topological polar surface area (TPSA) is 12.0 Å². The first-order valence-corrected chi connectivity index (χ1v) is 8.06. The van der Waals surface area contributed by atoms with E-state index in [2.05, 4.69) is 74.6 Å². The SMILES string of the molecule is CCc1ccccc1C(NC)c1ccc(C(C)CC)cc1. The van der Waals surface area contributed by atoms with Crippen molar-refractivity contribution >= 4 is 0 Å². The maximum atomic E-state index is 3.47. The predicted octanol–water partition coefficient (Wildman–Crippen LogP) is 5.07. The highest BCUT2D eigenvalue weighted by atomic mass is 14.9. The molecule has 112 valence electrons. The van der Waals surface area contributed by atoms with E-state index in [0.29, 0.717) is 5.92 Å². The van der Waals surface area contributed by atoms with Crippen LogP contribution in [-0.2, 0) is 6.42 Å². The van der Waals surface area contributed by atoms with Gasteiger partial charge in [0, 0.05) is 0 Å². The van der Waals surface area contributed by atoms with Crippen LogP contribution in [0.3, 0.4) is 0 Å². The van der Waals surface area contributed by atoms with E-state index in [1.807, 2.05) is 7.05 Å². The van der Waals surface area contributed by atoms with Gasteiger partial charge in [0.05, 0.1) is 6.04 Å². The molecule has 2 aromatic rings. The fourth-order valence-electron chi connectivity index (χ4n) is 2.89. The molecule has 0 bridgehead atoms. The molecule has 0 aliphatic heterocycles. The van der Waals surface area contributed by atoms with Crippen LogP contribution in [0.5, 0.6) is 0 Å². The maximum Gasteiger partial charge on any atom is 0.0576 e. The van der Waals surface area contributed by atoms with E-state index in [9.17, 15) is 0 Å². The smallest absolute Gasteiger partial charge is 0.0576 e. The van der Waals surface area contributed by atoms with Crippen LogP contribution in [0.2, 0.25) is 0 Å². The Labute approximate surface area is 129 Å². The molecule has 1 N–H and O–H groups in total. The molecular formula is C20H27N. The standard InChI is InChI=1S/C20H27N/c1-5-15(3)17-11-13-18(14-12-17)20(21-4)19-10-8-7-9-16(19)6-2/h7-15,20-21H,5-6H2,1-4H3. The van der Waals surface area contributed by atoms with Crippen LogP contribution in [0.4, 0.5) is 0 Å². The van der Waals surface area contributed by atoms with E-state index in [0.717, 1.165) is 6.42 Å². The molecule has 1 heteroatoms. The van der Waals surface area contributed by atoms with Crippen molar-refractivity contribution in [3.63, 3.8) is 0 Å². The summed E-state index contributed by atoms with van der Waals surface area (Å²) in [5, 5.41) is 3.47. The van der Waals surface area contributed by atoms with Crippen molar-refractivity contribution < 1.29 is 0 Å². The molecule has 0 radical (unpaired) electrons. The molecule has 0 heterocycles. The molecule has 0 spiro atoms. The van der Waals surface area contributed by atoms with Crippen molar-refractivity contribution in [3.8, 4) is 0 Å². The number of hydrogen-bond donors (Lipinski definition) is 1. The van der Waals surface area contributed by atoms with Gasteiger partial charge in [-0.05, 0) is 48.1 Å². The van der Waals surface area contributed by atoms with Gasteiger partial charge in [-0.1, -0.05) is 69.3 Å². The lowest BCUT2D eigenvalue weighted by Gasteiger charge is -2.21. The summed E-state index contributed by atoms with van der Waals surface area (Å²) < 4.78 is 0. The molecule has 0 aliphatic rings. The first kappa shape index (κ1) is 15.8. The Hall–Kier alpha value is -1.60. The van der Waals surface area contributed by atoms with E-state index in [1.54, 1.807) is 0 Å². The predicted molar refractivity (Wildman–Crippen MR) is 91.9 cm³/mol. The lowest BCUT2D eigenvalue weighted by Crippen LogP contribution is -2.19. The van der Waals surface area contributed by atoms with Gasteiger partial charge in [0.1, 0.15) is 0 Å². The zero-order valence-corrected chi connectivity index (χ0v) is 13.7. The van der Waals surface area contributed by atoms with Gasteiger partial charge in [0.25, 0.3) is 0 Å². The molecule has 2 aromatic carbocycles. The molecule has 0 fully saturated rings. The summed E-state index contributed by atoms with van der Waals surface area (Å²) in [5.74, 6) is 0.634. The van der Waals surface area contributed by atoms with Crippen molar-refractivity contribution in [2.45, 2.75) is 45.6 Å². The van der Waals surface area contributed by atoms with Crippen LogP contribution in [0, 0.1) is 0 Å². The number of rotatable bonds is 6. The summed E-state index contributed by atoms with van der Waals surface area (Å²) in [6.07, 6.45) is 2.26. The first-order chi connectivity index (χ1) is 10.2. The average molecular weight is 281 g/mol. The van der Waals surface area contributed by atoms with Crippen molar-refractivity contribution in [2.24, 2.45) is 0 Å². The van der Waals surface area contributed by atoms with E-state index in [-0.39, 0.29) is 6.04 Å². The highest BCUT2D eigenvalue weighted by molar-refractivity contribution is 5.38. The Kier molecular flexibility index (Phi) is 5.58. The maximum absolute atomic E-state index is 3.47. The van der Waals surface area contributed by atoms with Gasteiger partial charge in [-0.15, -0.1) is 0 Å². The minimum absolute atomic E-state index is 0.270. The van der Waals surface area contributed by atoms with Gasteiger partial charge in [-0.25, -0.2) is 0 Å². The zero-order valence-electron chi connectivity index (χ0n) is 13.7. The third-order valence-corrected chi connectivity index (χ3v) is 4.49. The Morgan fingerprint density at radius 2 is 1.52 bits per heavy atom. The van der Waals surface area contributed by atoms with E-state index >= 15 is 0 Å². The number of aryl methyl sites for hydroxylation is 1. The highest BCUT2D eigenvalue weighted by Gasteiger charge is 2.15. The van der Waals surface area contributed by atoms with Gasteiger partial charge >= 0.3 is 0 Å². The summed E-state index contributed by atoms with van der Waals surface area (Å²) in [7, 11) is 2.04. The molecule has 0 amide bonds. The molecule has 0 aliphatic carbocycles. The molecule has 0 saturated carbocycles. The number of benzene rings is 2. The van der Waals surface area contributed by atoms with E-state index < -0.39 is 0 Å². The van der Waals surface area contributed by atoms with Crippen LogP contribution in [0.15, 0.2) is 48.5 Å². The first-order valence-electron chi connectivity index (χ1n) is 8.06. The van der Waals surface area contributed by atoms with Gasteiger partial charge in [0.2, 0.25) is 0 Å². The fraction of sp³-hybridized carbons (Fsp3) is 0.400. The molecule has 2 atom stereocenters. The fourth-order valence-corrected chi connectivity index (χ4v) is 2.89. The number of hydrogen-bond acceptors (Lipinski definition) is 1. The van der Waals surface area contributed by atoms with Crippen LogP contribution in [-0.4, -0.2) is 7.05 Å². The van der Waals surface area contributed by atoms with Crippen LogP contribution in [0.1, 0.15) is 61.4 Å². The van der Waals surface area contributed by atoms with Crippen LogP contribution >= 0.6 is 0 Å². The van der Waals surface area contributed by atoms with Crippen molar-refractivity contribution in [1.82, 2.24) is 5.32 Å². The summed E-state index contributed by atoms with van der Waals surface area (Å²) >= 11 is 0. The Morgan fingerprint density at radius 1 is 0.905 bits per heavy atom. The van der Waals surface area contributed by atoms with Gasteiger partial charge < -0.3 is 5.32 Å². The Bertz CT molecular complexity index is 556. The summed E-state index contributed by atoms with van der Waals surface area (Å²) in [4.78, 5) is 0. The summed E-state index contributed by atoms with van der Waals surface area (Å²) in [5.41, 5.74) is 5.58. The van der Waals surface area contributed by atoms with E-state index in [1.165, 1.54) is 28.7 Å². The second kappa shape index (κ2) is 7.42. The minimum Gasteiger partial charge on any atom is -0.309 e. The molecule has 1 nitrogen and oxygen atoms in total. The third kappa shape index (κ3) is 3.54. The van der Waals surface area contributed by atoms with Gasteiger partial charge in [-0.3, -0.25) is 0 Å². The second-order valence-electron chi connectivity index (χ2n) is 5.75. The highest BCUT2D eigenvalue weighted by Crippen LogP contribution is 2.27. The minimum atomic E-state index is 0.270. The monoisotopic (exact) mass is 281 g/mol. The van der Waals surface area contributed by atoms with Crippen molar-refractivity contribution in [3.05, 3.63) is 70.8 Å². The largest absolute Gasteiger partial charge is 0.309 e. The van der Waals surface area contributed by atoms with Gasteiger partial charge in [0.15, 0.2) is 0 Å². The van der Waals surface area contributed by atoms with Crippen molar-refractivity contribution in [2.75, 3.05) is 7.05 Å². The van der Waals surface area contributed by atoms with Crippen molar-refractivity contribution in [1.29, 1.82) is 0 Å². The quantitative estimate of drug-likeness (QED) is 0.779. The molecule has 0 aromatic heterocycles. The molecule has 2 rings (SSSR count). The third-order valence-electron chi connectivity index (χ3n) is 4.49. The lowest BCUT2D eigenvalue weighted by atomic mass is 9.91. The van der Waals surface area contributed by atoms with Crippen LogP contribution < -0.4 is 5.32 Å². The molecular weight excluding hydrogens is 254 g/mol. The summed E-state index contributed by atoms with van der Waals surface area (Å²) in [6, 6.07) is 18.1.